The van der Waals surface area contributed by atoms with E-state index in [1.165, 1.54) is 26.4 Å². The fraction of sp³-hybridized carbons (Fsp3) is 0.571. The summed E-state index contributed by atoms with van der Waals surface area (Å²) in [5, 5.41) is 21.6. The van der Waals surface area contributed by atoms with E-state index < -0.39 is 30.7 Å². The van der Waals surface area contributed by atoms with E-state index in [0.717, 1.165) is 24.2 Å². The van der Waals surface area contributed by atoms with E-state index in [1.54, 1.807) is 12.1 Å². The topological polar surface area (TPSA) is 86.6 Å². The molecule has 0 amide bonds. The number of hydrogen-bond donors (Lipinski definition) is 2. The Hall–Kier alpha value is -2.32. The minimum absolute atomic E-state index is 0.0690. The van der Waals surface area contributed by atoms with Crippen LogP contribution < -0.4 is 14.2 Å². The Morgan fingerprint density at radius 2 is 1.57 bits per heavy atom. The minimum Gasteiger partial charge on any atom is -0.491 e. The van der Waals surface area contributed by atoms with Crippen LogP contribution in [-0.2, 0) is 9.47 Å². The SMILES string of the molecule is CO[C@@H]1O[C@H](COc2cccc(C(C)C)c2)[C@@H](O)[C@H](O)[C@H]1Oc1ccc(OC2CCCCC2)cc1. The van der Waals surface area contributed by atoms with Gasteiger partial charge >= 0.3 is 0 Å². The van der Waals surface area contributed by atoms with Gasteiger partial charge in [0.05, 0.1) is 6.10 Å². The standard InChI is InChI=1S/C28H38O7/c1-18(2)19-8-7-11-23(16-19)32-17-24-25(29)26(30)27(28(31-3)35-24)34-22-14-12-21(13-15-22)33-20-9-5-4-6-10-20/h7-8,11-16,18,20,24-30H,4-6,9-10,17H2,1-3H3/t24-,25-,26+,27-,28-/m1/s1. The lowest BCUT2D eigenvalue weighted by Gasteiger charge is -2.41. The smallest absolute Gasteiger partial charge is 0.197 e. The normalized spacial score (nSPS) is 27.5. The van der Waals surface area contributed by atoms with Gasteiger partial charge in [-0.05, 0) is 73.6 Å². The van der Waals surface area contributed by atoms with Crippen LogP contribution in [0.5, 0.6) is 17.2 Å². The van der Waals surface area contributed by atoms with E-state index in [1.807, 2.05) is 36.4 Å². The number of benzene rings is 2. The molecule has 7 nitrogen and oxygen atoms in total. The molecule has 1 aliphatic heterocycles. The molecule has 2 aliphatic rings. The molecule has 2 aromatic carbocycles. The van der Waals surface area contributed by atoms with Crippen molar-refractivity contribution in [2.24, 2.45) is 0 Å². The maximum Gasteiger partial charge on any atom is 0.197 e. The van der Waals surface area contributed by atoms with Gasteiger partial charge in [0.2, 0.25) is 0 Å². The van der Waals surface area contributed by atoms with Crippen LogP contribution in [0.2, 0.25) is 0 Å². The first kappa shape index (κ1) is 25.8. The molecule has 2 aromatic rings. The van der Waals surface area contributed by atoms with Crippen LogP contribution in [0.1, 0.15) is 57.4 Å². The lowest BCUT2D eigenvalue weighted by molar-refractivity contribution is -0.287. The van der Waals surface area contributed by atoms with Crippen molar-refractivity contribution in [3.8, 4) is 17.2 Å². The van der Waals surface area contributed by atoms with Gasteiger partial charge in [0.25, 0.3) is 0 Å². The monoisotopic (exact) mass is 486 g/mol. The second-order valence-electron chi connectivity index (χ2n) is 9.73. The maximum absolute atomic E-state index is 10.8. The number of methoxy groups -OCH3 is 1. The molecule has 7 heteroatoms. The Balaban J connectivity index is 1.34. The first-order chi connectivity index (χ1) is 16.9. The van der Waals surface area contributed by atoms with Gasteiger partial charge < -0.3 is 33.9 Å². The largest absolute Gasteiger partial charge is 0.491 e. The van der Waals surface area contributed by atoms with Gasteiger partial charge in [0.15, 0.2) is 12.4 Å². The summed E-state index contributed by atoms with van der Waals surface area (Å²) >= 11 is 0. The number of ether oxygens (including phenoxy) is 5. The van der Waals surface area contributed by atoms with Crippen LogP contribution >= 0.6 is 0 Å². The summed E-state index contributed by atoms with van der Waals surface area (Å²) < 4.78 is 29.3. The van der Waals surface area contributed by atoms with Crippen molar-refractivity contribution in [2.75, 3.05) is 13.7 Å². The van der Waals surface area contributed by atoms with Gasteiger partial charge in [0, 0.05) is 7.11 Å². The summed E-state index contributed by atoms with van der Waals surface area (Å²) in [6.45, 7) is 4.30. The van der Waals surface area contributed by atoms with Gasteiger partial charge in [-0.3, -0.25) is 0 Å². The molecule has 4 rings (SSSR count). The summed E-state index contributed by atoms with van der Waals surface area (Å²) in [6, 6.07) is 15.1. The Bertz CT molecular complexity index is 908. The molecule has 192 valence electrons. The first-order valence-electron chi connectivity index (χ1n) is 12.6. The zero-order valence-corrected chi connectivity index (χ0v) is 20.8. The summed E-state index contributed by atoms with van der Waals surface area (Å²) in [5.41, 5.74) is 1.16. The molecule has 0 aromatic heterocycles. The molecule has 0 bridgehead atoms. The van der Waals surface area contributed by atoms with Gasteiger partial charge in [-0.15, -0.1) is 0 Å². The maximum atomic E-state index is 10.8. The lowest BCUT2D eigenvalue weighted by Crippen LogP contribution is -2.61. The zero-order chi connectivity index (χ0) is 24.8. The van der Waals surface area contributed by atoms with Crippen molar-refractivity contribution >= 4 is 0 Å². The van der Waals surface area contributed by atoms with Crippen LogP contribution in [-0.4, -0.2) is 60.7 Å². The molecular formula is C28H38O7. The van der Waals surface area contributed by atoms with Crippen LogP contribution in [0, 0.1) is 0 Å². The average molecular weight is 487 g/mol. The predicted molar refractivity (Wildman–Crippen MR) is 132 cm³/mol. The number of rotatable bonds is 9. The van der Waals surface area contributed by atoms with Crippen LogP contribution in [0.3, 0.4) is 0 Å². The minimum atomic E-state index is -1.22. The molecule has 1 aliphatic carbocycles. The summed E-state index contributed by atoms with van der Waals surface area (Å²) in [6.07, 6.45) is 1.18. The van der Waals surface area contributed by atoms with Gasteiger partial charge in [-0.1, -0.05) is 32.4 Å². The average Bonchev–Trinajstić information content (AvgIpc) is 2.88. The van der Waals surface area contributed by atoms with Crippen molar-refractivity contribution in [2.45, 2.75) is 88.7 Å². The highest BCUT2D eigenvalue weighted by molar-refractivity contribution is 5.32. The Morgan fingerprint density at radius 1 is 0.886 bits per heavy atom. The summed E-state index contributed by atoms with van der Waals surface area (Å²) in [4.78, 5) is 0. The van der Waals surface area contributed by atoms with Crippen LogP contribution in [0.4, 0.5) is 0 Å². The molecule has 1 heterocycles. The number of aliphatic hydroxyl groups excluding tert-OH is 2. The van der Waals surface area contributed by atoms with Crippen LogP contribution in [0.25, 0.3) is 0 Å². The quantitative estimate of drug-likeness (QED) is 0.542. The van der Waals surface area contributed by atoms with E-state index in [4.69, 9.17) is 23.7 Å². The van der Waals surface area contributed by atoms with E-state index >= 15 is 0 Å². The summed E-state index contributed by atoms with van der Waals surface area (Å²) in [5.74, 6) is 2.39. The number of hydrogen-bond acceptors (Lipinski definition) is 7. The molecule has 0 radical (unpaired) electrons. The van der Waals surface area contributed by atoms with Gasteiger partial charge in [0.1, 0.15) is 42.2 Å². The van der Waals surface area contributed by atoms with E-state index in [2.05, 4.69) is 13.8 Å². The van der Waals surface area contributed by atoms with Crippen molar-refractivity contribution in [3.05, 3.63) is 54.1 Å². The third kappa shape index (κ3) is 6.67. The second-order valence-corrected chi connectivity index (χ2v) is 9.73. The highest BCUT2D eigenvalue weighted by Gasteiger charge is 2.46. The van der Waals surface area contributed by atoms with Crippen molar-refractivity contribution in [3.63, 3.8) is 0 Å². The Kier molecular flexibility index (Phi) is 8.89. The molecule has 35 heavy (non-hydrogen) atoms. The molecule has 0 unspecified atom stereocenters. The molecule has 1 saturated carbocycles. The lowest BCUT2D eigenvalue weighted by atomic mass is 9.98. The third-order valence-electron chi connectivity index (χ3n) is 6.77. The molecule has 2 N–H and O–H groups in total. The Labute approximate surface area is 207 Å². The molecule has 0 spiro atoms. The zero-order valence-electron chi connectivity index (χ0n) is 20.8. The molecular weight excluding hydrogens is 448 g/mol. The predicted octanol–water partition coefficient (Wildman–Crippen LogP) is 4.44. The highest BCUT2D eigenvalue weighted by atomic mass is 16.7. The van der Waals surface area contributed by atoms with Gasteiger partial charge in [-0.25, -0.2) is 0 Å². The van der Waals surface area contributed by atoms with Crippen molar-refractivity contribution in [1.29, 1.82) is 0 Å². The molecule has 2 fully saturated rings. The van der Waals surface area contributed by atoms with E-state index in [9.17, 15) is 10.2 Å². The fourth-order valence-electron chi connectivity index (χ4n) is 4.63. The van der Waals surface area contributed by atoms with E-state index in [-0.39, 0.29) is 12.7 Å². The van der Waals surface area contributed by atoms with E-state index in [0.29, 0.717) is 17.4 Å². The highest BCUT2D eigenvalue weighted by Crippen LogP contribution is 2.29. The molecule has 1 saturated heterocycles. The second kappa shape index (κ2) is 12.1. The number of aliphatic hydroxyl groups is 2. The van der Waals surface area contributed by atoms with Crippen molar-refractivity contribution < 1.29 is 33.9 Å². The molecule has 5 atom stereocenters. The van der Waals surface area contributed by atoms with Crippen LogP contribution in [0.15, 0.2) is 48.5 Å². The summed E-state index contributed by atoms with van der Waals surface area (Å²) in [7, 11) is 1.48. The fourth-order valence-corrected chi connectivity index (χ4v) is 4.63. The van der Waals surface area contributed by atoms with Gasteiger partial charge in [-0.2, -0.15) is 0 Å². The van der Waals surface area contributed by atoms with Crippen molar-refractivity contribution in [1.82, 2.24) is 0 Å². The third-order valence-corrected chi connectivity index (χ3v) is 6.77. The Morgan fingerprint density at radius 3 is 2.23 bits per heavy atom. The first-order valence-corrected chi connectivity index (χ1v) is 12.6.